The molecule has 3 rings (SSSR count). The number of carbonyl (C=O) groups is 2. The van der Waals surface area contributed by atoms with E-state index >= 15 is 0 Å². The van der Waals surface area contributed by atoms with Crippen molar-refractivity contribution >= 4 is 29.0 Å². The van der Waals surface area contributed by atoms with Gasteiger partial charge in [0.05, 0.1) is 18.4 Å². The van der Waals surface area contributed by atoms with E-state index in [2.05, 4.69) is 30.9 Å². The summed E-state index contributed by atoms with van der Waals surface area (Å²) in [6.07, 6.45) is 1.82. The van der Waals surface area contributed by atoms with Gasteiger partial charge in [0, 0.05) is 20.0 Å². The average Bonchev–Trinajstić information content (AvgIpc) is 3.17. The monoisotopic (exact) mass is 463 g/mol. The molecule has 2 heterocycles. The number of amides is 2. The lowest BCUT2D eigenvalue weighted by Crippen LogP contribution is -2.54. The molecule has 0 unspecified atom stereocenters. The topological polar surface area (TPSA) is 164 Å². The first-order valence-corrected chi connectivity index (χ1v) is 11.1. The van der Waals surface area contributed by atoms with Gasteiger partial charge in [-0.2, -0.15) is 0 Å². The molecule has 12 heteroatoms. The van der Waals surface area contributed by atoms with Gasteiger partial charge in [0.25, 0.3) is 0 Å². The predicted octanol–water partition coefficient (Wildman–Crippen LogP) is 0.714. The van der Waals surface area contributed by atoms with Crippen LogP contribution in [0.25, 0.3) is 11.2 Å². The lowest BCUT2D eigenvalue weighted by Gasteiger charge is -2.38. The maximum Gasteiger partial charge on any atom is 0.407 e. The van der Waals surface area contributed by atoms with Crippen LogP contribution in [0.2, 0.25) is 0 Å². The van der Waals surface area contributed by atoms with Crippen molar-refractivity contribution in [2.45, 2.75) is 76.3 Å². The van der Waals surface area contributed by atoms with E-state index in [0.717, 1.165) is 0 Å². The highest BCUT2D eigenvalue weighted by Gasteiger charge is 2.39. The highest BCUT2D eigenvalue weighted by molar-refractivity contribution is 5.82. The summed E-state index contributed by atoms with van der Waals surface area (Å²) in [5, 5.41) is 29.8. The van der Waals surface area contributed by atoms with Crippen LogP contribution < -0.4 is 16.0 Å². The molecule has 0 spiro atoms. The Bertz CT molecular complexity index is 974. The summed E-state index contributed by atoms with van der Waals surface area (Å²) in [5.41, 5.74) is 0.560. The van der Waals surface area contributed by atoms with Crippen molar-refractivity contribution < 1.29 is 24.5 Å². The maximum atomic E-state index is 12.3. The second kappa shape index (κ2) is 10.3. The predicted molar refractivity (Wildman–Crippen MR) is 121 cm³/mol. The van der Waals surface area contributed by atoms with Gasteiger partial charge in [-0.3, -0.25) is 4.79 Å². The number of aliphatic hydroxyl groups excluding tert-OH is 2. The van der Waals surface area contributed by atoms with Crippen LogP contribution in [0.4, 0.5) is 10.6 Å². The third-order valence-corrected chi connectivity index (χ3v) is 5.48. The number of imidazole rings is 1. The molecule has 33 heavy (non-hydrogen) atoms. The van der Waals surface area contributed by atoms with Gasteiger partial charge in [-0.25, -0.2) is 19.7 Å². The Morgan fingerprint density at radius 1 is 1.18 bits per heavy atom. The standard InChI is InChI=1S/C21H33N7O5/c1-21(2,3)33-20(32)23-9-5-6-14(29)27-12-7-8-13(17(31)16(12)30)28-11-26-15-18(22-4)24-10-25-19(15)28/h10-13,16-17,30-31H,5-9H2,1-4H3,(H,23,32)(H,27,29)(H,22,24,25)/t12-,13-,16-,17-/m1/s1. The Morgan fingerprint density at radius 2 is 1.94 bits per heavy atom. The molecule has 0 bridgehead atoms. The van der Waals surface area contributed by atoms with Gasteiger partial charge in [0.15, 0.2) is 11.5 Å². The summed E-state index contributed by atoms with van der Waals surface area (Å²) in [5.74, 6) is 0.325. The second-order valence-corrected chi connectivity index (χ2v) is 9.13. The number of ether oxygens (including phenoxy) is 1. The van der Waals surface area contributed by atoms with Crippen LogP contribution in [0, 0.1) is 0 Å². The molecule has 182 valence electrons. The van der Waals surface area contributed by atoms with Gasteiger partial charge >= 0.3 is 6.09 Å². The number of hydrogen-bond acceptors (Lipinski definition) is 9. The van der Waals surface area contributed by atoms with Crippen molar-refractivity contribution in [3.63, 3.8) is 0 Å². The van der Waals surface area contributed by atoms with Crippen LogP contribution in [0.3, 0.4) is 0 Å². The first-order chi connectivity index (χ1) is 15.6. The van der Waals surface area contributed by atoms with E-state index in [1.165, 1.54) is 6.33 Å². The molecule has 0 saturated heterocycles. The number of rotatable bonds is 7. The summed E-state index contributed by atoms with van der Waals surface area (Å²) < 4.78 is 6.89. The Labute approximate surface area is 192 Å². The first-order valence-electron chi connectivity index (χ1n) is 11.1. The van der Waals surface area contributed by atoms with E-state index in [-0.39, 0.29) is 12.3 Å². The lowest BCUT2D eigenvalue weighted by atomic mass is 9.85. The van der Waals surface area contributed by atoms with Gasteiger partial charge in [-0.05, 0) is 40.0 Å². The molecular formula is C21H33N7O5. The van der Waals surface area contributed by atoms with Crippen LogP contribution in [-0.2, 0) is 9.53 Å². The molecule has 2 amide bonds. The fourth-order valence-corrected chi connectivity index (χ4v) is 3.93. The number of aliphatic hydroxyl groups is 2. The molecule has 4 atom stereocenters. The van der Waals surface area contributed by atoms with E-state index in [0.29, 0.717) is 42.8 Å². The van der Waals surface area contributed by atoms with E-state index in [4.69, 9.17) is 4.74 Å². The molecule has 0 aromatic carbocycles. The molecular weight excluding hydrogens is 430 g/mol. The smallest absolute Gasteiger partial charge is 0.407 e. The summed E-state index contributed by atoms with van der Waals surface area (Å²) in [6, 6.07) is -1.00. The SMILES string of the molecule is CNc1ncnc2c1ncn2[C@@H]1CC[C@@H](NC(=O)CCCNC(=O)OC(C)(C)C)[C@@H](O)[C@@H]1O. The lowest BCUT2D eigenvalue weighted by molar-refractivity contribution is -0.125. The largest absolute Gasteiger partial charge is 0.444 e. The van der Waals surface area contributed by atoms with Crippen LogP contribution in [0.15, 0.2) is 12.7 Å². The summed E-state index contributed by atoms with van der Waals surface area (Å²) in [4.78, 5) is 36.7. The number of alkyl carbamates (subject to hydrolysis) is 1. The van der Waals surface area contributed by atoms with Gasteiger partial charge in [-0.1, -0.05) is 0 Å². The van der Waals surface area contributed by atoms with E-state index in [9.17, 15) is 19.8 Å². The molecule has 5 N–H and O–H groups in total. The minimum Gasteiger partial charge on any atom is -0.444 e. The number of aromatic nitrogens is 4. The van der Waals surface area contributed by atoms with Crippen LogP contribution in [0.5, 0.6) is 0 Å². The molecule has 2 aromatic rings. The minimum absolute atomic E-state index is 0.175. The molecule has 0 aliphatic heterocycles. The molecule has 1 aliphatic carbocycles. The number of carbonyl (C=O) groups excluding carboxylic acids is 2. The zero-order valence-corrected chi connectivity index (χ0v) is 19.4. The summed E-state index contributed by atoms with van der Waals surface area (Å²) >= 11 is 0. The number of nitrogens with zero attached hydrogens (tertiary/aromatic N) is 4. The Hall–Kier alpha value is -2.99. The van der Waals surface area contributed by atoms with E-state index in [1.54, 1.807) is 38.7 Å². The first kappa shape index (κ1) is 24.6. The Balaban J connectivity index is 1.50. The third kappa shape index (κ3) is 6.08. The molecule has 12 nitrogen and oxygen atoms in total. The molecule has 2 aromatic heterocycles. The van der Waals surface area contributed by atoms with Crippen LogP contribution in [-0.4, -0.2) is 79.2 Å². The normalized spacial score (nSPS) is 23.2. The fraction of sp³-hybridized carbons (Fsp3) is 0.667. The third-order valence-electron chi connectivity index (χ3n) is 5.48. The Morgan fingerprint density at radius 3 is 2.64 bits per heavy atom. The number of anilines is 1. The highest BCUT2D eigenvalue weighted by Crippen LogP contribution is 2.32. The molecule has 0 radical (unpaired) electrons. The Kier molecular flexibility index (Phi) is 7.69. The quantitative estimate of drug-likeness (QED) is 0.372. The average molecular weight is 464 g/mol. The zero-order valence-electron chi connectivity index (χ0n) is 19.4. The number of nitrogens with one attached hydrogen (secondary N) is 3. The van der Waals surface area contributed by atoms with Gasteiger partial charge in [0.2, 0.25) is 5.91 Å². The summed E-state index contributed by atoms with van der Waals surface area (Å²) in [6.45, 7) is 5.62. The van der Waals surface area contributed by atoms with Gasteiger partial charge in [-0.15, -0.1) is 0 Å². The second-order valence-electron chi connectivity index (χ2n) is 9.13. The van der Waals surface area contributed by atoms with Crippen molar-refractivity contribution in [3.05, 3.63) is 12.7 Å². The summed E-state index contributed by atoms with van der Waals surface area (Å²) in [7, 11) is 1.74. The molecule has 1 saturated carbocycles. The van der Waals surface area contributed by atoms with Crippen molar-refractivity contribution in [1.29, 1.82) is 0 Å². The highest BCUT2D eigenvalue weighted by atomic mass is 16.6. The van der Waals surface area contributed by atoms with E-state index < -0.39 is 36.0 Å². The van der Waals surface area contributed by atoms with Crippen molar-refractivity contribution in [2.24, 2.45) is 0 Å². The molecule has 1 fully saturated rings. The maximum absolute atomic E-state index is 12.3. The van der Waals surface area contributed by atoms with Gasteiger partial charge in [0.1, 0.15) is 29.7 Å². The minimum atomic E-state index is -1.14. The van der Waals surface area contributed by atoms with Crippen molar-refractivity contribution in [2.75, 3.05) is 18.9 Å². The number of hydrogen-bond donors (Lipinski definition) is 5. The van der Waals surface area contributed by atoms with Crippen molar-refractivity contribution in [3.8, 4) is 0 Å². The number of fused-ring (bicyclic) bond motifs is 1. The van der Waals surface area contributed by atoms with E-state index in [1.807, 2.05) is 0 Å². The van der Waals surface area contributed by atoms with Crippen molar-refractivity contribution in [1.82, 2.24) is 30.2 Å². The van der Waals surface area contributed by atoms with Crippen LogP contribution >= 0.6 is 0 Å². The molecule has 1 aliphatic rings. The van der Waals surface area contributed by atoms with Gasteiger partial charge < -0.3 is 35.5 Å². The fourth-order valence-electron chi connectivity index (χ4n) is 3.93. The van der Waals surface area contributed by atoms with Crippen LogP contribution in [0.1, 0.15) is 52.5 Å². The zero-order chi connectivity index (χ0) is 24.2.